The predicted octanol–water partition coefficient (Wildman–Crippen LogP) is 3.85. The van der Waals surface area contributed by atoms with Gasteiger partial charge in [-0.2, -0.15) is 0 Å². The molecule has 0 aliphatic carbocycles. The Bertz CT molecular complexity index is 494. The second-order valence-corrected chi connectivity index (χ2v) is 4.34. The van der Waals surface area contributed by atoms with Crippen LogP contribution in [0, 0.1) is 6.92 Å². The summed E-state index contributed by atoms with van der Waals surface area (Å²) in [6.07, 6.45) is 7.14. The van der Waals surface area contributed by atoms with Crippen LogP contribution in [0.3, 0.4) is 0 Å². The summed E-state index contributed by atoms with van der Waals surface area (Å²) in [5.41, 5.74) is 1.25. The quantitative estimate of drug-likeness (QED) is 0.246. The number of hydrogen-bond donors (Lipinski definition) is 4. The minimum absolute atomic E-state index is 0. The van der Waals surface area contributed by atoms with Crippen LogP contribution in [0.5, 0.6) is 0 Å². The van der Waals surface area contributed by atoms with Crippen molar-refractivity contribution < 1.29 is 37.6 Å². The van der Waals surface area contributed by atoms with Crippen LogP contribution in [0.2, 0.25) is 0 Å². The first-order valence-corrected chi connectivity index (χ1v) is 7.36. The molecular weight excluding hydrogens is 397 g/mol. The van der Waals surface area contributed by atoms with Crippen LogP contribution in [-0.2, 0) is 16.8 Å². The second-order valence-electron chi connectivity index (χ2n) is 4.34. The molecule has 10 heteroatoms. The van der Waals surface area contributed by atoms with Gasteiger partial charge in [-0.25, -0.2) is 19.1 Å². The van der Waals surface area contributed by atoms with E-state index in [1.165, 1.54) is 27.7 Å². The third kappa shape index (κ3) is 25.5. The van der Waals surface area contributed by atoms with E-state index in [1.807, 2.05) is 31.2 Å². The smallest absolute Gasteiger partial charge is 0.101 e. The summed E-state index contributed by atoms with van der Waals surface area (Å²) in [5, 5.41) is 43.3. The van der Waals surface area contributed by atoms with E-state index in [2.05, 4.69) is 32.5 Å². The summed E-state index contributed by atoms with van der Waals surface area (Å²) >= 11 is 0. The summed E-state index contributed by atoms with van der Waals surface area (Å²) < 4.78 is 0. The average Bonchev–Trinajstić information content (AvgIpc) is 2.73. The third-order valence-corrected chi connectivity index (χ3v) is 2.45. The van der Waals surface area contributed by atoms with Gasteiger partial charge in [-0.3, -0.25) is 4.98 Å². The van der Waals surface area contributed by atoms with Gasteiger partial charge >= 0.3 is 0 Å². The van der Waals surface area contributed by atoms with Crippen LogP contribution in [0.15, 0.2) is 63.4 Å². The van der Waals surface area contributed by atoms with Gasteiger partial charge in [0.15, 0.2) is 0 Å². The van der Waals surface area contributed by atoms with Crippen LogP contribution < -0.4 is 0 Å². The molecule has 0 atom stereocenters. The van der Waals surface area contributed by atoms with Crippen molar-refractivity contribution in [1.29, 1.82) is 0 Å². The zero-order valence-corrected chi connectivity index (χ0v) is 17.1. The van der Waals surface area contributed by atoms with Crippen LogP contribution in [-0.4, -0.2) is 48.7 Å². The predicted molar refractivity (Wildman–Crippen MR) is 104 cm³/mol. The molecule has 155 valence electrons. The van der Waals surface area contributed by atoms with E-state index >= 15 is 0 Å². The van der Waals surface area contributed by atoms with E-state index in [9.17, 15) is 0 Å². The van der Waals surface area contributed by atoms with Crippen molar-refractivity contribution in [1.82, 2.24) is 4.98 Å². The Morgan fingerprint density at radius 2 is 1.00 bits per heavy atom. The van der Waals surface area contributed by atoms with Crippen molar-refractivity contribution in [2.45, 2.75) is 34.6 Å². The van der Waals surface area contributed by atoms with Crippen LogP contribution >= 0.6 is 0 Å². The minimum Gasteiger partial charge on any atom is -0.411 e. The maximum absolute atomic E-state index is 8.03. The molecule has 0 amide bonds. The molecule has 1 radical (unpaired) electrons. The van der Waals surface area contributed by atoms with E-state index in [-0.39, 0.29) is 16.8 Å². The molecule has 1 heterocycles. The number of pyridine rings is 1. The van der Waals surface area contributed by atoms with Gasteiger partial charge in [-0.15, -0.1) is 6.92 Å². The van der Waals surface area contributed by atoms with E-state index in [0.717, 1.165) is 0 Å². The first-order chi connectivity index (χ1) is 12.4. The van der Waals surface area contributed by atoms with E-state index in [4.69, 9.17) is 20.8 Å². The van der Waals surface area contributed by atoms with E-state index in [0.29, 0.717) is 22.8 Å². The Morgan fingerprint density at radius 1 is 0.741 bits per heavy atom. The summed E-state index contributed by atoms with van der Waals surface area (Å²) in [6, 6.07) is 5.72. The molecule has 0 aromatic carbocycles. The standard InChI is InChI=1S/C5H5N.2C4H8N2O2.C4H7.Co/c1-2-4-6-5-3-1;2*1-3(5-7)4(2)6-8;1-3-4-2;/h1-5H;2*7-8H,1-2H3;3-4H,1H2,2H3;/q;;;-1;/b;2*5-3+,6-4+;4-3-;. The van der Waals surface area contributed by atoms with Crippen molar-refractivity contribution in [3.05, 3.63) is 49.7 Å². The van der Waals surface area contributed by atoms with Crippen LogP contribution in [0.1, 0.15) is 34.6 Å². The van der Waals surface area contributed by atoms with Gasteiger partial charge < -0.3 is 20.8 Å². The molecule has 4 N–H and O–H groups in total. The number of oxime groups is 4. The molecule has 27 heavy (non-hydrogen) atoms. The Balaban J connectivity index is -0.000000133. The van der Waals surface area contributed by atoms with Gasteiger partial charge in [-0.1, -0.05) is 26.7 Å². The van der Waals surface area contributed by atoms with E-state index in [1.54, 1.807) is 18.5 Å². The van der Waals surface area contributed by atoms with Gasteiger partial charge in [0.1, 0.15) is 22.8 Å². The Kier molecular flexibility index (Phi) is 30.0. The number of rotatable bonds is 2. The monoisotopic (exact) mass is 425 g/mol. The first kappa shape index (κ1) is 31.9. The van der Waals surface area contributed by atoms with Crippen molar-refractivity contribution in [2.75, 3.05) is 0 Å². The maximum atomic E-state index is 8.03. The number of hydrogen-bond acceptors (Lipinski definition) is 9. The molecule has 0 aliphatic rings. The van der Waals surface area contributed by atoms with Gasteiger partial charge in [0.2, 0.25) is 0 Å². The Hall–Kier alpha value is -2.85. The van der Waals surface area contributed by atoms with Crippen molar-refractivity contribution in [2.24, 2.45) is 20.6 Å². The van der Waals surface area contributed by atoms with Gasteiger partial charge in [0.25, 0.3) is 0 Å². The molecule has 0 saturated carbocycles. The molecule has 0 saturated heterocycles. The molecule has 1 rings (SSSR count). The normalized spacial score (nSPS) is 11.6. The molecule has 1 aromatic rings. The van der Waals surface area contributed by atoms with Crippen molar-refractivity contribution in [3.8, 4) is 0 Å². The molecule has 0 spiro atoms. The molecule has 9 nitrogen and oxygen atoms in total. The fraction of sp³-hybridized carbons (Fsp3) is 0.294. The van der Waals surface area contributed by atoms with Crippen molar-refractivity contribution >= 4 is 22.8 Å². The maximum Gasteiger partial charge on any atom is 0.101 e. The number of aromatic nitrogens is 1. The third-order valence-electron chi connectivity index (χ3n) is 2.45. The SMILES string of the molecule is CC(=N\O)/C(C)=N/O.CC(=N\O)/C(C)=N/O.[CH2-]/C=C\C.[Co].c1ccncc1. The van der Waals surface area contributed by atoms with E-state index < -0.39 is 0 Å². The second kappa shape index (κ2) is 25.4. The Morgan fingerprint density at radius 3 is 1.07 bits per heavy atom. The molecule has 0 fully saturated rings. The van der Waals surface area contributed by atoms with Gasteiger partial charge in [-0.05, 0) is 39.8 Å². The molecule has 1 aromatic heterocycles. The number of allylic oxidation sites excluding steroid dienone is 2. The van der Waals surface area contributed by atoms with Gasteiger partial charge in [0, 0.05) is 29.2 Å². The first-order valence-electron chi connectivity index (χ1n) is 7.36. The summed E-state index contributed by atoms with van der Waals surface area (Å²) in [6.45, 7) is 11.5. The molecule has 0 bridgehead atoms. The number of nitrogens with zero attached hydrogens (tertiary/aromatic N) is 5. The van der Waals surface area contributed by atoms with Crippen LogP contribution in [0.4, 0.5) is 0 Å². The minimum atomic E-state index is 0. The summed E-state index contributed by atoms with van der Waals surface area (Å²) in [4.78, 5) is 3.78. The Labute approximate surface area is 170 Å². The largest absolute Gasteiger partial charge is 0.411 e. The topological polar surface area (TPSA) is 143 Å². The fourth-order valence-electron chi connectivity index (χ4n) is 0.602. The molecule has 0 unspecified atom stereocenters. The van der Waals surface area contributed by atoms with Crippen LogP contribution in [0.25, 0.3) is 0 Å². The summed E-state index contributed by atoms with van der Waals surface area (Å²) in [7, 11) is 0. The zero-order valence-electron chi connectivity index (χ0n) is 16.1. The van der Waals surface area contributed by atoms with Crippen molar-refractivity contribution in [3.63, 3.8) is 0 Å². The van der Waals surface area contributed by atoms with Gasteiger partial charge in [0.05, 0.1) is 0 Å². The molecule has 0 aliphatic heterocycles. The summed E-state index contributed by atoms with van der Waals surface area (Å²) in [5.74, 6) is 0. The average molecular weight is 425 g/mol. The zero-order chi connectivity index (χ0) is 20.8. The molecular formula is C17H28CoN5O4-. The fourth-order valence-corrected chi connectivity index (χ4v) is 0.602.